The van der Waals surface area contributed by atoms with E-state index in [9.17, 15) is 0 Å². The molecule has 21 heavy (non-hydrogen) atoms. The molecule has 1 aromatic rings. The predicted octanol–water partition coefficient (Wildman–Crippen LogP) is 3.56. The molecule has 1 saturated carbocycles. The van der Waals surface area contributed by atoms with Crippen molar-refractivity contribution in [2.24, 2.45) is 0 Å². The van der Waals surface area contributed by atoms with E-state index in [1.54, 1.807) is 4.88 Å². The molecule has 2 atom stereocenters. The summed E-state index contributed by atoms with van der Waals surface area (Å²) in [5.41, 5.74) is 1.45. The van der Waals surface area contributed by atoms with E-state index in [0.29, 0.717) is 6.04 Å². The highest BCUT2D eigenvalue weighted by Gasteiger charge is 2.48. The molecule has 0 amide bonds. The molecule has 0 bridgehead atoms. The number of nitrogens with one attached hydrogen (secondary N) is 1. The minimum atomic E-state index is -0.00372. The van der Waals surface area contributed by atoms with Gasteiger partial charge in [-0.1, -0.05) is 6.92 Å². The van der Waals surface area contributed by atoms with Crippen molar-refractivity contribution in [1.29, 1.82) is 0 Å². The van der Waals surface area contributed by atoms with Crippen LogP contribution in [0.5, 0.6) is 0 Å². The van der Waals surface area contributed by atoms with Gasteiger partial charge in [-0.15, -0.1) is 11.3 Å². The molecular formula is C17H26N2OS. The third kappa shape index (κ3) is 2.55. The van der Waals surface area contributed by atoms with E-state index in [4.69, 9.17) is 9.72 Å². The molecular weight excluding hydrogens is 280 g/mol. The Bertz CT molecular complexity index is 517. The van der Waals surface area contributed by atoms with Gasteiger partial charge < -0.3 is 10.1 Å². The van der Waals surface area contributed by atoms with Crippen molar-refractivity contribution in [3.63, 3.8) is 0 Å². The van der Waals surface area contributed by atoms with Gasteiger partial charge in [0.1, 0.15) is 5.01 Å². The Morgan fingerprint density at radius 2 is 2.24 bits per heavy atom. The first kappa shape index (κ1) is 14.2. The number of aryl methyl sites for hydroxylation is 2. The fraction of sp³-hybridized carbons (Fsp3) is 0.824. The Labute approximate surface area is 131 Å². The lowest BCUT2D eigenvalue weighted by Crippen LogP contribution is -2.54. The van der Waals surface area contributed by atoms with E-state index >= 15 is 0 Å². The van der Waals surface area contributed by atoms with Crippen LogP contribution in [0.2, 0.25) is 0 Å². The van der Waals surface area contributed by atoms with Gasteiger partial charge >= 0.3 is 0 Å². The summed E-state index contributed by atoms with van der Waals surface area (Å²) in [6.07, 6.45) is 9.61. The van der Waals surface area contributed by atoms with E-state index in [2.05, 4.69) is 19.2 Å². The summed E-state index contributed by atoms with van der Waals surface area (Å²) in [6, 6.07) is 0.711. The maximum atomic E-state index is 6.11. The molecule has 0 spiro atoms. The van der Waals surface area contributed by atoms with Crippen LogP contribution in [0.15, 0.2) is 0 Å². The quantitative estimate of drug-likeness (QED) is 0.923. The molecule has 116 valence electrons. The number of ether oxygens (including phenoxy) is 1. The van der Waals surface area contributed by atoms with Crippen molar-refractivity contribution in [2.75, 3.05) is 6.61 Å². The monoisotopic (exact) mass is 306 g/mol. The lowest BCUT2D eigenvalue weighted by atomic mass is 9.79. The zero-order valence-electron chi connectivity index (χ0n) is 13.2. The Morgan fingerprint density at radius 1 is 1.38 bits per heavy atom. The van der Waals surface area contributed by atoms with Gasteiger partial charge in [0.15, 0.2) is 0 Å². The number of hydrogen-bond acceptors (Lipinski definition) is 4. The lowest BCUT2D eigenvalue weighted by Gasteiger charge is -2.46. The molecule has 1 aliphatic heterocycles. The lowest BCUT2D eigenvalue weighted by molar-refractivity contribution is -0.104. The highest BCUT2D eigenvalue weighted by molar-refractivity contribution is 7.12. The minimum absolute atomic E-state index is 0.00372. The van der Waals surface area contributed by atoms with Crippen molar-refractivity contribution >= 4 is 11.3 Å². The third-order valence-corrected chi connectivity index (χ3v) is 6.83. The topological polar surface area (TPSA) is 34.2 Å². The first-order valence-electron chi connectivity index (χ1n) is 8.53. The average molecular weight is 306 g/mol. The van der Waals surface area contributed by atoms with Gasteiger partial charge in [0.25, 0.3) is 0 Å². The average Bonchev–Trinajstić information content (AvgIpc) is 3.00. The number of nitrogens with zero attached hydrogens (tertiary/aromatic N) is 1. The fourth-order valence-corrected chi connectivity index (χ4v) is 5.19. The molecule has 2 fully saturated rings. The van der Waals surface area contributed by atoms with Crippen LogP contribution in [0.3, 0.4) is 0 Å². The van der Waals surface area contributed by atoms with E-state index in [0.717, 1.165) is 25.9 Å². The van der Waals surface area contributed by atoms with E-state index in [1.807, 2.05) is 11.3 Å². The van der Waals surface area contributed by atoms with Crippen LogP contribution < -0.4 is 5.32 Å². The molecule has 2 heterocycles. The van der Waals surface area contributed by atoms with Gasteiger partial charge in [-0.2, -0.15) is 0 Å². The van der Waals surface area contributed by atoms with Crippen molar-refractivity contribution in [1.82, 2.24) is 10.3 Å². The predicted molar refractivity (Wildman–Crippen MR) is 85.9 cm³/mol. The smallest absolute Gasteiger partial charge is 0.113 e. The summed E-state index contributed by atoms with van der Waals surface area (Å²) in [7, 11) is 0. The molecule has 3 aliphatic rings. The van der Waals surface area contributed by atoms with Gasteiger partial charge in [-0.05, 0) is 51.9 Å². The number of fused-ring (bicyclic) bond motifs is 1. The van der Waals surface area contributed by atoms with E-state index in [-0.39, 0.29) is 11.1 Å². The van der Waals surface area contributed by atoms with Crippen molar-refractivity contribution in [3.8, 4) is 0 Å². The summed E-state index contributed by atoms with van der Waals surface area (Å²) in [6.45, 7) is 5.38. The number of rotatable bonds is 4. The van der Waals surface area contributed by atoms with Crippen molar-refractivity contribution in [3.05, 3.63) is 15.6 Å². The van der Waals surface area contributed by atoms with Crippen LogP contribution in [-0.4, -0.2) is 23.2 Å². The standard InChI is InChI=1S/C17H26N2OS/c1-3-16(2)11-17(9-10-20-16,19-12-7-8-12)15-18-13-5-4-6-14(13)21-15/h12,19H,3-11H2,1-2H3. The number of hydrogen-bond donors (Lipinski definition) is 1. The zero-order valence-corrected chi connectivity index (χ0v) is 14.0. The normalized spacial score (nSPS) is 35.9. The first-order valence-corrected chi connectivity index (χ1v) is 9.35. The Hall–Kier alpha value is -0.450. The number of thiazole rings is 1. The second kappa shape index (κ2) is 5.04. The summed E-state index contributed by atoms with van der Waals surface area (Å²) in [4.78, 5) is 6.62. The van der Waals surface area contributed by atoms with Crippen LogP contribution in [0.4, 0.5) is 0 Å². The summed E-state index contributed by atoms with van der Waals surface area (Å²) in [5.74, 6) is 0. The molecule has 3 nitrogen and oxygen atoms in total. The molecule has 1 aromatic heterocycles. The van der Waals surface area contributed by atoms with Crippen molar-refractivity contribution in [2.45, 2.75) is 82.4 Å². The maximum absolute atomic E-state index is 6.11. The van der Waals surface area contributed by atoms with Crippen molar-refractivity contribution < 1.29 is 4.74 Å². The second-order valence-electron chi connectivity index (χ2n) is 7.32. The van der Waals surface area contributed by atoms with E-state index in [1.165, 1.54) is 42.8 Å². The largest absolute Gasteiger partial charge is 0.375 e. The summed E-state index contributed by atoms with van der Waals surface area (Å²) >= 11 is 1.98. The van der Waals surface area contributed by atoms with Crippen LogP contribution in [0.25, 0.3) is 0 Å². The zero-order chi connectivity index (χ0) is 14.5. The Balaban J connectivity index is 1.68. The fourth-order valence-electron chi connectivity index (χ4n) is 3.86. The van der Waals surface area contributed by atoms with Crippen LogP contribution in [0, 0.1) is 0 Å². The maximum Gasteiger partial charge on any atom is 0.113 e. The Kier molecular flexibility index (Phi) is 3.40. The van der Waals surface area contributed by atoms with Gasteiger partial charge in [-0.3, -0.25) is 0 Å². The SMILES string of the molecule is CCC1(C)CC(NC2CC2)(c2nc3c(s2)CCC3)CCO1. The molecule has 2 aliphatic carbocycles. The molecule has 0 aromatic carbocycles. The van der Waals surface area contributed by atoms with E-state index < -0.39 is 0 Å². The molecule has 1 N–H and O–H groups in total. The third-order valence-electron chi connectivity index (χ3n) is 5.47. The highest BCUT2D eigenvalue weighted by atomic mass is 32.1. The van der Waals surface area contributed by atoms with Crippen LogP contribution in [0.1, 0.15) is 68.0 Å². The molecule has 4 rings (SSSR count). The van der Waals surface area contributed by atoms with Crippen LogP contribution >= 0.6 is 11.3 Å². The van der Waals surface area contributed by atoms with Crippen LogP contribution in [-0.2, 0) is 23.1 Å². The van der Waals surface area contributed by atoms with Gasteiger partial charge in [0, 0.05) is 23.9 Å². The molecule has 0 radical (unpaired) electrons. The number of aromatic nitrogens is 1. The molecule has 2 unspecified atom stereocenters. The van der Waals surface area contributed by atoms with Gasteiger partial charge in [0.05, 0.1) is 16.8 Å². The highest BCUT2D eigenvalue weighted by Crippen LogP contribution is 2.45. The Morgan fingerprint density at radius 3 is 2.95 bits per heavy atom. The minimum Gasteiger partial charge on any atom is -0.375 e. The summed E-state index contributed by atoms with van der Waals surface area (Å²) < 4.78 is 6.11. The second-order valence-corrected chi connectivity index (χ2v) is 8.41. The first-order chi connectivity index (χ1) is 10.1. The van der Waals surface area contributed by atoms with Gasteiger partial charge in [-0.25, -0.2) is 4.98 Å². The summed E-state index contributed by atoms with van der Waals surface area (Å²) in [5, 5.41) is 5.32. The molecule has 4 heteroatoms. The van der Waals surface area contributed by atoms with Gasteiger partial charge in [0.2, 0.25) is 0 Å². The molecule has 1 saturated heterocycles.